The highest BCUT2D eigenvalue weighted by atomic mass is 16.6. The number of hydrogen-bond donors (Lipinski definition) is 1. The predicted octanol–water partition coefficient (Wildman–Crippen LogP) is 3.41. The predicted molar refractivity (Wildman–Crippen MR) is 85.3 cm³/mol. The molecular formula is C17H32N2O2. The van der Waals surface area contributed by atoms with Crippen LogP contribution in [0, 0.1) is 11.8 Å². The molecule has 1 amide bonds. The normalized spacial score (nSPS) is 34.1. The lowest BCUT2D eigenvalue weighted by Gasteiger charge is -2.47. The molecule has 2 rings (SSSR count). The summed E-state index contributed by atoms with van der Waals surface area (Å²) in [6.07, 6.45) is 4.62. The molecule has 1 saturated heterocycles. The van der Waals surface area contributed by atoms with Crippen molar-refractivity contribution in [3.05, 3.63) is 0 Å². The number of carbonyl (C=O) groups excluding carboxylic acids is 1. The van der Waals surface area contributed by atoms with Gasteiger partial charge in [0, 0.05) is 25.2 Å². The van der Waals surface area contributed by atoms with Crippen LogP contribution in [0.4, 0.5) is 4.79 Å². The quantitative estimate of drug-likeness (QED) is 0.867. The standard InChI is InChI=1S/C17H32N2O2/c1-6-13-9-14(18-16(20)21-17(3,4)5)11-19(10-13)15-7-12(2)8-15/h12-15H,6-11H2,1-5H3,(H,18,20). The van der Waals surface area contributed by atoms with E-state index in [0.717, 1.165) is 24.9 Å². The van der Waals surface area contributed by atoms with Gasteiger partial charge >= 0.3 is 6.09 Å². The van der Waals surface area contributed by atoms with Crippen molar-refractivity contribution in [1.82, 2.24) is 10.2 Å². The van der Waals surface area contributed by atoms with Crippen molar-refractivity contribution in [2.75, 3.05) is 13.1 Å². The first-order chi connectivity index (χ1) is 9.76. The number of amides is 1. The van der Waals surface area contributed by atoms with Crippen LogP contribution in [0.2, 0.25) is 0 Å². The molecule has 0 aromatic rings. The third kappa shape index (κ3) is 4.87. The summed E-state index contributed by atoms with van der Waals surface area (Å²) in [5.74, 6) is 1.56. The Labute approximate surface area is 129 Å². The molecule has 0 spiro atoms. The summed E-state index contributed by atoms with van der Waals surface area (Å²) in [6.45, 7) is 12.5. The molecule has 0 aromatic carbocycles. The van der Waals surface area contributed by atoms with Crippen LogP contribution in [-0.2, 0) is 4.74 Å². The molecule has 4 heteroatoms. The van der Waals surface area contributed by atoms with Crippen molar-refractivity contribution in [3.63, 3.8) is 0 Å². The van der Waals surface area contributed by atoms with Crippen molar-refractivity contribution in [2.45, 2.75) is 78.0 Å². The maximum Gasteiger partial charge on any atom is 0.407 e. The molecule has 1 saturated carbocycles. The molecule has 2 unspecified atom stereocenters. The number of alkyl carbamates (subject to hydrolysis) is 1. The molecule has 4 nitrogen and oxygen atoms in total. The van der Waals surface area contributed by atoms with Gasteiger partial charge in [-0.25, -0.2) is 4.79 Å². The van der Waals surface area contributed by atoms with E-state index in [-0.39, 0.29) is 12.1 Å². The Morgan fingerprint density at radius 2 is 1.90 bits per heavy atom. The minimum atomic E-state index is -0.425. The number of likely N-dealkylation sites (tertiary alicyclic amines) is 1. The van der Waals surface area contributed by atoms with Gasteiger partial charge in [0.1, 0.15) is 5.60 Å². The highest BCUT2D eigenvalue weighted by Gasteiger charge is 2.36. The lowest BCUT2D eigenvalue weighted by molar-refractivity contribution is 0.0217. The highest BCUT2D eigenvalue weighted by molar-refractivity contribution is 5.68. The summed E-state index contributed by atoms with van der Waals surface area (Å²) >= 11 is 0. The van der Waals surface area contributed by atoms with Crippen LogP contribution in [0.15, 0.2) is 0 Å². The fraction of sp³-hybridized carbons (Fsp3) is 0.941. The lowest BCUT2D eigenvalue weighted by Crippen LogP contribution is -2.56. The Morgan fingerprint density at radius 3 is 2.43 bits per heavy atom. The van der Waals surface area contributed by atoms with Crippen LogP contribution in [-0.4, -0.2) is 41.8 Å². The van der Waals surface area contributed by atoms with E-state index in [9.17, 15) is 4.79 Å². The molecule has 2 fully saturated rings. The van der Waals surface area contributed by atoms with Gasteiger partial charge in [0.05, 0.1) is 0 Å². The molecular weight excluding hydrogens is 264 g/mol. The second kappa shape index (κ2) is 6.55. The summed E-state index contributed by atoms with van der Waals surface area (Å²) < 4.78 is 5.39. The molecule has 2 atom stereocenters. The van der Waals surface area contributed by atoms with E-state index in [1.807, 2.05) is 20.8 Å². The van der Waals surface area contributed by atoms with E-state index in [0.29, 0.717) is 5.92 Å². The number of piperidine rings is 1. The first kappa shape index (κ1) is 16.6. The molecule has 2 aliphatic rings. The number of rotatable bonds is 3. The van der Waals surface area contributed by atoms with Crippen LogP contribution < -0.4 is 5.32 Å². The number of nitrogens with zero attached hydrogens (tertiary/aromatic N) is 1. The largest absolute Gasteiger partial charge is 0.444 e. The zero-order valence-electron chi connectivity index (χ0n) is 14.3. The number of hydrogen-bond acceptors (Lipinski definition) is 3. The average Bonchev–Trinajstić information content (AvgIpc) is 2.32. The van der Waals surface area contributed by atoms with Gasteiger partial charge in [-0.1, -0.05) is 20.3 Å². The SMILES string of the molecule is CCC1CC(NC(=O)OC(C)(C)C)CN(C2CC(C)C2)C1. The Balaban J connectivity index is 1.87. The van der Waals surface area contributed by atoms with E-state index in [1.165, 1.54) is 25.8 Å². The van der Waals surface area contributed by atoms with E-state index in [2.05, 4.69) is 24.1 Å². The first-order valence-electron chi connectivity index (χ1n) is 8.50. The van der Waals surface area contributed by atoms with E-state index in [1.54, 1.807) is 0 Å². The zero-order valence-corrected chi connectivity index (χ0v) is 14.3. The zero-order chi connectivity index (χ0) is 15.6. The average molecular weight is 296 g/mol. The maximum atomic E-state index is 12.0. The van der Waals surface area contributed by atoms with E-state index < -0.39 is 5.60 Å². The van der Waals surface area contributed by atoms with Crippen LogP contribution >= 0.6 is 0 Å². The number of ether oxygens (including phenoxy) is 1. The summed E-state index contributed by atoms with van der Waals surface area (Å²) in [5.41, 5.74) is -0.425. The van der Waals surface area contributed by atoms with Gasteiger partial charge in [-0.2, -0.15) is 0 Å². The van der Waals surface area contributed by atoms with Crippen molar-refractivity contribution in [1.29, 1.82) is 0 Å². The van der Waals surface area contributed by atoms with E-state index in [4.69, 9.17) is 4.74 Å². The van der Waals surface area contributed by atoms with Gasteiger partial charge in [0.15, 0.2) is 0 Å². The van der Waals surface area contributed by atoms with E-state index >= 15 is 0 Å². The summed E-state index contributed by atoms with van der Waals surface area (Å²) in [4.78, 5) is 14.6. The summed E-state index contributed by atoms with van der Waals surface area (Å²) in [7, 11) is 0. The fourth-order valence-electron chi connectivity index (χ4n) is 3.57. The Morgan fingerprint density at radius 1 is 1.24 bits per heavy atom. The van der Waals surface area contributed by atoms with Gasteiger partial charge in [-0.05, 0) is 51.9 Å². The van der Waals surface area contributed by atoms with Gasteiger partial charge in [0.25, 0.3) is 0 Å². The maximum absolute atomic E-state index is 12.0. The molecule has 21 heavy (non-hydrogen) atoms. The van der Waals surface area contributed by atoms with Crippen molar-refractivity contribution in [3.8, 4) is 0 Å². The second-order valence-corrected chi connectivity index (χ2v) is 8.04. The second-order valence-electron chi connectivity index (χ2n) is 8.04. The molecule has 0 bridgehead atoms. The molecule has 1 aliphatic heterocycles. The van der Waals surface area contributed by atoms with Crippen LogP contribution in [0.5, 0.6) is 0 Å². The van der Waals surface area contributed by atoms with Gasteiger partial charge < -0.3 is 10.1 Å². The van der Waals surface area contributed by atoms with Gasteiger partial charge in [-0.3, -0.25) is 4.90 Å². The summed E-state index contributed by atoms with van der Waals surface area (Å²) in [6, 6.07) is 0.965. The highest BCUT2D eigenvalue weighted by Crippen LogP contribution is 2.34. The smallest absolute Gasteiger partial charge is 0.407 e. The monoisotopic (exact) mass is 296 g/mol. The van der Waals surface area contributed by atoms with Crippen LogP contribution in [0.1, 0.15) is 60.3 Å². The molecule has 1 aliphatic carbocycles. The number of carbonyl (C=O) groups is 1. The van der Waals surface area contributed by atoms with Crippen LogP contribution in [0.25, 0.3) is 0 Å². The third-order valence-corrected chi connectivity index (χ3v) is 4.73. The van der Waals surface area contributed by atoms with Crippen LogP contribution in [0.3, 0.4) is 0 Å². The lowest BCUT2D eigenvalue weighted by atomic mass is 9.79. The third-order valence-electron chi connectivity index (χ3n) is 4.73. The molecule has 1 heterocycles. The van der Waals surface area contributed by atoms with Gasteiger partial charge in [0.2, 0.25) is 0 Å². The fourth-order valence-corrected chi connectivity index (χ4v) is 3.57. The van der Waals surface area contributed by atoms with Crippen molar-refractivity contribution >= 4 is 6.09 Å². The Kier molecular flexibility index (Phi) is 5.18. The van der Waals surface area contributed by atoms with Crippen molar-refractivity contribution < 1.29 is 9.53 Å². The minimum Gasteiger partial charge on any atom is -0.444 e. The Hall–Kier alpha value is -0.770. The van der Waals surface area contributed by atoms with Crippen molar-refractivity contribution in [2.24, 2.45) is 11.8 Å². The molecule has 0 aromatic heterocycles. The van der Waals surface area contributed by atoms with Gasteiger partial charge in [-0.15, -0.1) is 0 Å². The molecule has 1 N–H and O–H groups in total. The summed E-state index contributed by atoms with van der Waals surface area (Å²) in [5, 5.41) is 3.08. The molecule has 122 valence electrons. The first-order valence-corrected chi connectivity index (χ1v) is 8.50. The number of nitrogens with one attached hydrogen (secondary N) is 1. The minimum absolute atomic E-state index is 0.231. The topological polar surface area (TPSA) is 41.6 Å². The Bertz CT molecular complexity index is 358. The molecule has 0 radical (unpaired) electrons.